The zero-order chi connectivity index (χ0) is 15.2. The molecule has 21 heavy (non-hydrogen) atoms. The van der Waals surface area contributed by atoms with E-state index in [4.69, 9.17) is 0 Å². The first-order chi connectivity index (χ1) is 10.1. The van der Waals surface area contributed by atoms with E-state index in [2.05, 4.69) is 12.0 Å². The van der Waals surface area contributed by atoms with Crippen LogP contribution in [0.5, 0.6) is 0 Å². The van der Waals surface area contributed by atoms with Crippen molar-refractivity contribution in [3.05, 3.63) is 18.0 Å². The second-order valence-electron chi connectivity index (χ2n) is 6.58. The summed E-state index contributed by atoms with van der Waals surface area (Å²) in [5, 5.41) is 4.16. The summed E-state index contributed by atoms with van der Waals surface area (Å²) in [7, 11) is 3.82. The summed E-state index contributed by atoms with van der Waals surface area (Å²) in [5.74, 6) is 1.41. The Labute approximate surface area is 128 Å². The minimum Gasteiger partial charge on any atom is -0.341 e. The van der Waals surface area contributed by atoms with E-state index in [1.807, 2.05) is 31.4 Å². The molecule has 4 nitrogen and oxygen atoms in total. The Morgan fingerprint density at radius 1 is 1.38 bits per heavy atom. The third-order valence-corrected chi connectivity index (χ3v) is 4.72. The van der Waals surface area contributed by atoms with Gasteiger partial charge >= 0.3 is 0 Å². The highest BCUT2D eigenvalue weighted by Gasteiger charge is 2.28. The van der Waals surface area contributed by atoms with Gasteiger partial charge in [0.15, 0.2) is 0 Å². The van der Waals surface area contributed by atoms with Crippen molar-refractivity contribution in [1.82, 2.24) is 14.7 Å². The number of nitrogens with zero attached hydrogens (tertiary/aromatic N) is 3. The number of aromatic nitrogens is 2. The van der Waals surface area contributed by atoms with Crippen LogP contribution in [0.4, 0.5) is 0 Å². The quantitative estimate of drug-likeness (QED) is 0.806. The summed E-state index contributed by atoms with van der Waals surface area (Å²) in [4.78, 5) is 14.4. The third-order valence-electron chi connectivity index (χ3n) is 4.72. The first-order valence-electron chi connectivity index (χ1n) is 8.32. The van der Waals surface area contributed by atoms with Crippen molar-refractivity contribution in [1.29, 1.82) is 0 Å². The van der Waals surface area contributed by atoms with Gasteiger partial charge in [0, 0.05) is 38.3 Å². The molecule has 1 saturated carbocycles. The molecule has 0 saturated heterocycles. The Bertz CT molecular complexity index is 447. The molecule has 0 N–H and O–H groups in total. The van der Waals surface area contributed by atoms with Crippen LogP contribution in [-0.4, -0.2) is 27.6 Å². The average molecular weight is 291 g/mol. The Hall–Kier alpha value is -1.32. The van der Waals surface area contributed by atoms with Gasteiger partial charge in [-0.25, -0.2) is 0 Å². The molecule has 1 aromatic rings. The molecule has 0 aromatic carbocycles. The lowest BCUT2D eigenvalue weighted by Crippen LogP contribution is -2.34. The number of unbranched alkanes of at least 4 members (excludes halogenated alkanes) is 1. The van der Waals surface area contributed by atoms with Gasteiger partial charge < -0.3 is 4.90 Å². The topological polar surface area (TPSA) is 38.1 Å². The number of aryl methyl sites for hydroxylation is 1. The van der Waals surface area contributed by atoms with Crippen LogP contribution in [0, 0.1) is 11.8 Å². The number of amides is 1. The molecule has 118 valence electrons. The van der Waals surface area contributed by atoms with E-state index >= 15 is 0 Å². The molecular formula is C17H29N3O. The summed E-state index contributed by atoms with van der Waals surface area (Å²) in [6.45, 7) is 2.92. The van der Waals surface area contributed by atoms with Gasteiger partial charge in [-0.1, -0.05) is 26.2 Å². The van der Waals surface area contributed by atoms with E-state index in [9.17, 15) is 4.79 Å². The SMILES string of the molecule is CCCCC1CCC(C(=O)N(C)Cc2cnn(C)c2)CC1. The molecule has 1 amide bonds. The highest BCUT2D eigenvalue weighted by atomic mass is 16.2. The summed E-state index contributed by atoms with van der Waals surface area (Å²) in [6, 6.07) is 0. The van der Waals surface area contributed by atoms with Gasteiger partial charge in [-0.3, -0.25) is 9.48 Å². The molecule has 2 rings (SSSR count). The van der Waals surface area contributed by atoms with Crippen LogP contribution < -0.4 is 0 Å². The van der Waals surface area contributed by atoms with Crippen LogP contribution >= 0.6 is 0 Å². The van der Waals surface area contributed by atoms with Crippen molar-refractivity contribution in [2.45, 2.75) is 58.4 Å². The van der Waals surface area contributed by atoms with Gasteiger partial charge in [0.1, 0.15) is 0 Å². The predicted molar refractivity (Wildman–Crippen MR) is 84.7 cm³/mol. The zero-order valence-corrected chi connectivity index (χ0v) is 13.7. The molecule has 1 heterocycles. The lowest BCUT2D eigenvalue weighted by atomic mass is 9.79. The number of rotatable bonds is 6. The number of carbonyl (C=O) groups excluding carboxylic acids is 1. The van der Waals surface area contributed by atoms with Crippen molar-refractivity contribution in [3.8, 4) is 0 Å². The van der Waals surface area contributed by atoms with Gasteiger partial charge in [0.2, 0.25) is 5.91 Å². The Morgan fingerprint density at radius 2 is 2.10 bits per heavy atom. The second-order valence-corrected chi connectivity index (χ2v) is 6.58. The van der Waals surface area contributed by atoms with E-state index in [-0.39, 0.29) is 5.92 Å². The summed E-state index contributed by atoms with van der Waals surface area (Å²) >= 11 is 0. The van der Waals surface area contributed by atoms with Crippen molar-refractivity contribution < 1.29 is 4.79 Å². The predicted octanol–water partition coefficient (Wildman–Crippen LogP) is 3.38. The maximum absolute atomic E-state index is 12.5. The number of hydrogen-bond donors (Lipinski definition) is 0. The van der Waals surface area contributed by atoms with E-state index in [0.29, 0.717) is 12.5 Å². The van der Waals surface area contributed by atoms with Gasteiger partial charge in [-0.05, 0) is 31.6 Å². The normalized spacial score (nSPS) is 22.2. The van der Waals surface area contributed by atoms with Crippen molar-refractivity contribution in [2.75, 3.05) is 7.05 Å². The number of hydrogen-bond acceptors (Lipinski definition) is 2. The van der Waals surface area contributed by atoms with E-state index in [1.54, 1.807) is 4.68 Å². The smallest absolute Gasteiger partial charge is 0.225 e. The van der Waals surface area contributed by atoms with Crippen LogP contribution in [0.2, 0.25) is 0 Å². The lowest BCUT2D eigenvalue weighted by molar-refractivity contribution is -0.136. The molecule has 1 fully saturated rings. The average Bonchev–Trinajstić information content (AvgIpc) is 2.90. The Kier molecular flexibility index (Phi) is 5.83. The van der Waals surface area contributed by atoms with Crippen molar-refractivity contribution in [3.63, 3.8) is 0 Å². The fraction of sp³-hybridized carbons (Fsp3) is 0.765. The van der Waals surface area contributed by atoms with E-state index < -0.39 is 0 Å². The Balaban J connectivity index is 1.78. The minimum absolute atomic E-state index is 0.240. The molecule has 4 heteroatoms. The molecule has 1 aromatic heterocycles. The monoisotopic (exact) mass is 291 g/mol. The zero-order valence-electron chi connectivity index (χ0n) is 13.7. The minimum atomic E-state index is 0.240. The van der Waals surface area contributed by atoms with E-state index in [1.165, 1.54) is 32.1 Å². The van der Waals surface area contributed by atoms with Crippen LogP contribution in [-0.2, 0) is 18.4 Å². The maximum Gasteiger partial charge on any atom is 0.225 e. The molecule has 0 radical (unpaired) electrons. The molecule has 1 aliphatic carbocycles. The summed E-state index contributed by atoms with van der Waals surface area (Å²) in [6.07, 6.45) is 12.4. The summed E-state index contributed by atoms with van der Waals surface area (Å²) < 4.78 is 1.78. The van der Waals surface area contributed by atoms with Crippen LogP contribution in [0.25, 0.3) is 0 Å². The van der Waals surface area contributed by atoms with Gasteiger partial charge in [-0.15, -0.1) is 0 Å². The van der Waals surface area contributed by atoms with Crippen molar-refractivity contribution in [2.24, 2.45) is 18.9 Å². The highest BCUT2D eigenvalue weighted by Crippen LogP contribution is 2.32. The highest BCUT2D eigenvalue weighted by molar-refractivity contribution is 5.78. The second kappa shape index (κ2) is 7.62. The lowest BCUT2D eigenvalue weighted by Gasteiger charge is -2.30. The largest absolute Gasteiger partial charge is 0.341 e. The van der Waals surface area contributed by atoms with Crippen LogP contribution in [0.1, 0.15) is 57.4 Å². The third kappa shape index (κ3) is 4.58. The Morgan fingerprint density at radius 3 is 2.67 bits per heavy atom. The molecule has 0 aliphatic heterocycles. The molecule has 1 aliphatic rings. The maximum atomic E-state index is 12.5. The van der Waals surface area contributed by atoms with Gasteiger partial charge in [0.25, 0.3) is 0 Å². The number of carbonyl (C=O) groups is 1. The van der Waals surface area contributed by atoms with E-state index in [0.717, 1.165) is 24.3 Å². The van der Waals surface area contributed by atoms with Crippen LogP contribution in [0.15, 0.2) is 12.4 Å². The molecular weight excluding hydrogens is 262 g/mol. The first kappa shape index (κ1) is 16.1. The van der Waals surface area contributed by atoms with Crippen LogP contribution in [0.3, 0.4) is 0 Å². The molecule has 0 unspecified atom stereocenters. The fourth-order valence-electron chi connectivity index (χ4n) is 3.41. The molecule has 0 spiro atoms. The molecule has 0 bridgehead atoms. The molecule has 0 atom stereocenters. The first-order valence-corrected chi connectivity index (χ1v) is 8.32. The fourth-order valence-corrected chi connectivity index (χ4v) is 3.41. The standard InChI is InChI=1S/C17H29N3O/c1-4-5-6-14-7-9-16(10-8-14)17(21)19(2)12-15-11-18-20(3)13-15/h11,13-14,16H,4-10,12H2,1-3H3. The van der Waals surface area contributed by atoms with Gasteiger partial charge in [-0.2, -0.15) is 5.10 Å². The summed E-state index contributed by atoms with van der Waals surface area (Å²) in [5.41, 5.74) is 1.10. The van der Waals surface area contributed by atoms with Crippen molar-refractivity contribution >= 4 is 5.91 Å². The van der Waals surface area contributed by atoms with Gasteiger partial charge in [0.05, 0.1) is 6.20 Å².